The van der Waals surface area contributed by atoms with Crippen LogP contribution in [-0.2, 0) is 9.59 Å². The number of hydrogen-bond donors (Lipinski definition) is 1. The number of carbonyl (C=O) groups excluding carboxylic acids is 2. The Morgan fingerprint density at radius 2 is 1.78 bits per heavy atom. The van der Waals surface area contributed by atoms with Gasteiger partial charge in [-0.05, 0) is 81.0 Å². The Balaban J connectivity index is 1.80. The summed E-state index contributed by atoms with van der Waals surface area (Å²) in [7, 11) is 0. The molecule has 2 aromatic rings. The van der Waals surface area contributed by atoms with E-state index in [1.54, 1.807) is 11.0 Å². The van der Waals surface area contributed by atoms with Gasteiger partial charge >= 0.3 is 0 Å². The minimum atomic E-state index is -0.666. The van der Waals surface area contributed by atoms with Crippen molar-refractivity contribution in [1.29, 1.82) is 0 Å². The van der Waals surface area contributed by atoms with Crippen LogP contribution in [0.15, 0.2) is 48.0 Å². The van der Waals surface area contributed by atoms with Gasteiger partial charge in [-0.15, -0.1) is 0 Å². The number of carbonyl (C=O) groups is 2. The summed E-state index contributed by atoms with van der Waals surface area (Å²) in [6.45, 7) is 10.6. The Kier molecular flexibility index (Phi) is 7.72. The lowest BCUT2D eigenvalue weighted by Gasteiger charge is -2.31. The van der Waals surface area contributed by atoms with Crippen LogP contribution >= 0.6 is 0 Å². The zero-order valence-corrected chi connectivity index (χ0v) is 21.9. The number of rotatable bonds is 8. The summed E-state index contributed by atoms with van der Waals surface area (Å²) in [5.74, 6) is 0.449. The SMILES string of the molecule is Cc1cc(/C(O)=C2\C(=O)C(=O)N(C3CCCC3)C2c2cccc(OC(C)C)c2)ccc1OCC(C)C. The van der Waals surface area contributed by atoms with E-state index in [4.69, 9.17) is 9.47 Å². The molecule has 6 heteroatoms. The summed E-state index contributed by atoms with van der Waals surface area (Å²) in [6, 6.07) is 12.2. The molecule has 192 valence electrons. The third-order valence-electron chi connectivity index (χ3n) is 6.76. The molecule has 0 aromatic heterocycles. The van der Waals surface area contributed by atoms with Crippen molar-refractivity contribution in [2.45, 2.75) is 78.5 Å². The van der Waals surface area contributed by atoms with E-state index in [1.807, 2.05) is 57.2 Å². The first kappa shape index (κ1) is 25.8. The number of ketones is 1. The monoisotopic (exact) mass is 491 g/mol. The van der Waals surface area contributed by atoms with Gasteiger partial charge in [0.05, 0.1) is 24.3 Å². The number of aryl methyl sites for hydroxylation is 1. The molecule has 2 aliphatic rings. The van der Waals surface area contributed by atoms with Crippen molar-refractivity contribution in [3.8, 4) is 11.5 Å². The lowest BCUT2D eigenvalue weighted by molar-refractivity contribution is -0.141. The first-order valence-electron chi connectivity index (χ1n) is 13.0. The first-order valence-corrected chi connectivity index (χ1v) is 13.0. The van der Waals surface area contributed by atoms with E-state index in [1.165, 1.54) is 0 Å². The molecule has 1 unspecified atom stereocenters. The smallest absolute Gasteiger partial charge is 0.295 e. The second kappa shape index (κ2) is 10.8. The van der Waals surface area contributed by atoms with Gasteiger partial charge in [0.25, 0.3) is 11.7 Å². The molecule has 1 aliphatic carbocycles. The van der Waals surface area contributed by atoms with Crippen molar-refractivity contribution in [3.63, 3.8) is 0 Å². The predicted octanol–water partition coefficient (Wildman–Crippen LogP) is 6.18. The maximum Gasteiger partial charge on any atom is 0.295 e. The van der Waals surface area contributed by atoms with E-state index in [9.17, 15) is 14.7 Å². The van der Waals surface area contributed by atoms with E-state index < -0.39 is 17.7 Å². The molecule has 1 saturated heterocycles. The number of hydrogen-bond acceptors (Lipinski definition) is 5. The number of ether oxygens (including phenoxy) is 2. The van der Waals surface area contributed by atoms with Gasteiger partial charge in [0.1, 0.15) is 17.3 Å². The molecular formula is C30H37NO5. The van der Waals surface area contributed by atoms with Crippen LogP contribution in [0.2, 0.25) is 0 Å². The zero-order chi connectivity index (χ0) is 26.0. The summed E-state index contributed by atoms with van der Waals surface area (Å²) in [5, 5.41) is 11.5. The van der Waals surface area contributed by atoms with Gasteiger partial charge in [-0.1, -0.05) is 38.8 Å². The van der Waals surface area contributed by atoms with Crippen LogP contribution in [0.3, 0.4) is 0 Å². The number of aliphatic hydroxyl groups is 1. The quantitative estimate of drug-likeness (QED) is 0.271. The van der Waals surface area contributed by atoms with Crippen LogP contribution in [0.5, 0.6) is 11.5 Å². The second-order valence-electron chi connectivity index (χ2n) is 10.6. The maximum absolute atomic E-state index is 13.4. The van der Waals surface area contributed by atoms with Gasteiger partial charge in [0.15, 0.2) is 0 Å². The minimum absolute atomic E-state index is 0.0131. The Morgan fingerprint density at radius 3 is 2.42 bits per heavy atom. The maximum atomic E-state index is 13.4. The summed E-state index contributed by atoms with van der Waals surface area (Å²) >= 11 is 0. The number of aliphatic hydroxyl groups excluding tert-OH is 1. The number of Topliss-reactive ketones (excluding diaryl/α,β-unsaturated/α-hetero) is 1. The number of nitrogens with zero attached hydrogens (tertiary/aromatic N) is 1. The fourth-order valence-corrected chi connectivity index (χ4v) is 5.14. The standard InChI is InChI=1S/C30H37NO5/c1-18(2)17-35-25-14-13-22(15-20(25)5)28(32)26-27(21-9-8-12-24(16-21)36-19(3)4)31(30(34)29(26)33)23-10-6-7-11-23/h8-9,12-16,18-19,23,27,32H,6-7,10-11,17H2,1-5H3/b28-26+. The van der Waals surface area contributed by atoms with Crippen LogP contribution in [-0.4, -0.2) is 40.4 Å². The third-order valence-corrected chi connectivity index (χ3v) is 6.76. The molecular weight excluding hydrogens is 454 g/mol. The Morgan fingerprint density at radius 1 is 1.06 bits per heavy atom. The van der Waals surface area contributed by atoms with Gasteiger partial charge in [-0.2, -0.15) is 0 Å². The van der Waals surface area contributed by atoms with E-state index >= 15 is 0 Å². The normalized spacial score (nSPS) is 20.1. The molecule has 4 rings (SSSR count). The van der Waals surface area contributed by atoms with Crippen LogP contribution in [0.25, 0.3) is 5.76 Å². The van der Waals surface area contributed by atoms with Crippen LogP contribution in [0.1, 0.15) is 76.1 Å². The highest BCUT2D eigenvalue weighted by molar-refractivity contribution is 6.46. The molecule has 2 fully saturated rings. The molecule has 0 bridgehead atoms. The highest BCUT2D eigenvalue weighted by Gasteiger charge is 2.49. The number of likely N-dealkylation sites (tertiary alicyclic amines) is 1. The summed E-state index contributed by atoms with van der Waals surface area (Å²) in [6.07, 6.45) is 3.74. The molecule has 1 heterocycles. The van der Waals surface area contributed by atoms with Crippen LogP contribution < -0.4 is 9.47 Å². The average molecular weight is 492 g/mol. The Labute approximate surface area is 213 Å². The molecule has 1 amide bonds. The second-order valence-corrected chi connectivity index (χ2v) is 10.6. The molecule has 6 nitrogen and oxygen atoms in total. The van der Waals surface area contributed by atoms with Crippen molar-refractivity contribution >= 4 is 17.4 Å². The third kappa shape index (κ3) is 5.28. The van der Waals surface area contributed by atoms with Crippen molar-refractivity contribution in [2.75, 3.05) is 6.61 Å². The number of benzene rings is 2. The van der Waals surface area contributed by atoms with E-state index in [-0.39, 0.29) is 23.5 Å². The van der Waals surface area contributed by atoms with Gasteiger partial charge in [-0.3, -0.25) is 9.59 Å². The van der Waals surface area contributed by atoms with Crippen molar-refractivity contribution in [1.82, 2.24) is 4.90 Å². The van der Waals surface area contributed by atoms with E-state index in [2.05, 4.69) is 13.8 Å². The van der Waals surface area contributed by atoms with Gasteiger partial charge in [0, 0.05) is 11.6 Å². The van der Waals surface area contributed by atoms with E-state index in [0.29, 0.717) is 23.8 Å². The lowest BCUT2D eigenvalue weighted by Crippen LogP contribution is -2.37. The fraction of sp³-hybridized carbons (Fsp3) is 0.467. The largest absolute Gasteiger partial charge is 0.507 e. The van der Waals surface area contributed by atoms with Crippen LogP contribution in [0.4, 0.5) is 0 Å². The van der Waals surface area contributed by atoms with Crippen molar-refractivity contribution in [2.24, 2.45) is 5.92 Å². The van der Waals surface area contributed by atoms with Crippen molar-refractivity contribution < 1.29 is 24.2 Å². The minimum Gasteiger partial charge on any atom is -0.507 e. The molecule has 0 spiro atoms. The highest BCUT2D eigenvalue weighted by atomic mass is 16.5. The van der Waals surface area contributed by atoms with Gasteiger partial charge < -0.3 is 19.5 Å². The molecule has 36 heavy (non-hydrogen) atoms. The molecule has 1 saturated carbocycles. The molecule has 1 atom stereocenters. The predicted molar refractivity (Wildman–Crippen MR) is 140 cm³/mol. The van der Waals surface area contributed by atoms with Gasteiger partial charge in [0.2, 0.25) is 0 Å². The average Bonchev–Trinajstić information content (AvgIpc) is 3.44. The summed E-state index contributed by atoms with van der Waals surface area (Å²) in [5.41, 5.74) is 2.24. The summed E-state index contributed by atoms with van der Waals surface area (Å²) in [4.78, 5) is 28.4. The summed E-state index contributed by atoms with van der Waals surface area (Å²) < 4.78 is 11.8. The lowest BCUT2D eigenvalue weighted by atomic mass is 9.94. The van der Waals surface area contributed by atoms with E-state index in [0.717, 1.165) is 42.6 Å². The molecule has 2 aromatic carbocycles. The topological polar surface area (TPSA) is 76.1 Å². The Bertz CT molecular complexity index is 1160. The fourth-order valence-electron chi connectivity index (χ4n) is 5.14. The van der Waals surface area contributed by atoms with Gasteiger partial charge in [-0.25, -0.2) is 0 Å². The molecule has 1 aliphatic heterocycles. The molecule has 1 N–H and O–H groups in total. The zero-order valence-electron chi connectivity index (χ0n) is 21.9. The number of amides is 1. The highest BCUT2D eigenvalue weighted by Crippen LogP contribution is 2.44. The van der Waals surface area contributed by atoms with Crippen molar-refractivity contribution in [3.05, 3.63) is 64.7 Å². The van der Waals surface area contributed by atoms with Crippen LogP contribution in [0, 0.1) is 12.8 Å². The first-order chi connectivity index (χ1) is 17.2. The Hall–Kier alpha value is -3.28. The molecule has 0 radical (unpaired) electrons.